The van der Waals surface area contributed by atoms with E-state index in [4.69, 9.17) is 0 Å². The van der Waals surface area contributed by atoms with Crippen LogP contribution in [-0.4, -0.2) is 0 Å². The summed E-state index contributed by atoms with van der Waals surface area (Å²) in [6.07, 6.45) is 9.41. The first kappa shape index (κ1) is 17.2. The first-order valence-electron chi connectivity index (χ1n) is 9.30. The molecule has 0 aliphatic heterocycles. The van der Waals surface area contributed by atoms with E-state index in [1.54, 1.807) is 0 Å². The molecule has 3 aromatic rings. The van der Waals surface area contributed by atoms with Crippen molar-refractivity contribution in [3.8, 4) is 0 Å². The van der Waals surface area contributed by atoms with Crippen molar-refractivity contribution >= 4 is 21.6 Å². The molecule has 24 heavy (non-hydrogen) atoms. The van der Waals surface area contributed by atoms with Crippen molar-refractivity contribution < 1.29 is 4.57 Å². The molecule has 0 amide bonds. The maximum Gasteiger partial charge on any atom is 0.226 e. The minimum absolute atomic E-state index is 0.960. The van der Waals surface area contributed by atoms with Gasteiger partial charge in [-0.05, 0) is 24.5 Å². The molecule has 3 rings (SSSR count). The van der Waals surface area contributed by atoms with Crippen molar-refractivity contribution in [1.29, 1.82) is 0 Å². The maximum absolute atomic E-state index is 2.40. The molecule has 1 aromatic heterocycles. The van der Waals surface area contributed by atoms with Gasteiger partial charge in [0.25, 0.3) is 0 Å². The SMILES string of the molecule is CCCCCCCCc1ccc2sc[n+](Cc3ccccc3)c2c1. The van der Waals surface area contributed by atoms with Crippen LogP contribution in [0.1, 0.15) is 56.6 Å². The molecule has 0 saturated carbocycles. The summed E-state index contributed by atoms with van der Waals surface area (Å²) in [6, 6.07) is 17.8. The van der Waals surface area contributed by atoms with Crippen LogP contribution >= 0.6 is 11.3 Å². The van der Waals surface area contributed by atoms with E-state index in [1.807, 2.05) is 11.3 Å². The van der Waals surface area contributed by atoms with Gasteiger partial charge in [-0.2, -0.15) is 4.57 Å². The Balaban J connectivity index is 1.63. The van der Waals surface area contributed by atoms with Crippen LogP contribution in [0, 0.1) is 0 Å². The molecule has 0 aliphatic rings. The molecule has 2 aromatic carbocycles. The quantitative estimate of drug-likeness (QED) is 0.326. The second-order valence-corrected chi connectivity index (χ2v) is 7.54. The van der Waals surface area contributed by atoms with Crippen LogP contribution in [0.25, 0.3) is 10.2 Å². The molecule has 0 aliphatic carbocycles. The maximum atomic E-state index is 2.40. The summed E-state index contributed by atoms with van der Waals surface area (Å²) in [5, 5.41) is 0. The molecule has 1 nitrogen and oxygen atoms in total. The van der Waals surface area contributed by atoms with E-state index >= 15 is 0 Å². The molecule has 0 saturated heterocycles. The van der Waals surface area contributed by atoms with Crippen LogP contribution in [0.4, 0.5) is 0 Å². The Bertz CT molecular complexity index is 745. The van der Waals surface area contributed by atoms with E-state index in [0.29, 0.717) is 0 Å². The highest BCUT2D eigenvalue weighted by atomic mass is 32.1. The van der Waals surface area contributed by atoms with Gasteiger partial charge in [0.1, 0.15) is 4.70 Å². The third kappa shape index (κ3) is 4.67. The van der Waals surface area contributed by atoms with Gasteiger partial charge in [-0.1, -0.05) is 86.8 Å². The van der Waals surface area contributed by atoms with Crippen LogP contribution in [0.5, 0.6) is 0 Å². The fraction of sp³-hybridized carbons (Fsp3) is 0.409. The number of thiazole rings is 1. The third-order valence-corrected chi connectivity index (χ3v) is 5.61. The third-order valence-electron chi connectivity index (χ3n) is 4.65. The molecule has 0 atom stereocenters. The van der Waals surface area contributed by atoms with Gasteiger partial charge >= 0.3 is 0 Å². The van der Waals surface area contributed by atoms with Crippen LogP contribution in [0.3, 0.4) is 0 Å². The van der Waals surface area contributed by atoms with Crippen molar-refractivity contribution in [2.24, 2.45) is 0 Å². The van der Waals surface area contributed by atoms with Crippen LogP contribution < -0.4 is 4.57 Å². The van der Waals surface area contributed by atoms with Crippen LogP contribution in [0.2, 0.25) is 0 Å². The molecule has 2 heteroatoms. The average molecular weight is 339 g/mol. The Hall–Kier alpha value is -1.67. The molecule has 0 spiro atoms. The van der Waals surface area contributed by atoms with Gasteiger partial charge in [-0.25, -0.2) is 0 Å². The highest BCUT2D eigenvalue weighted by Crippen LogP contribution is 2.20. The van der Waals surface area contributed by atoms with Gasteiger partial charge in [0.05, 0.1) is 0 Å². The van der Waals surface area contributed by atoms with E-state index in [1.165, 1.54) is 66.3 Å². The number of hydrogen-bond acceptors (Lipinski definition) is 1. The fourth-order valence-corrected chi connectivity index (χ4v) is 4.10. The summed E-state index contributed by atoms with van der Waals surface area (Å²) in [7, 11) is 0. The van der Waals surface area contributed by atoms with Crippen molar-refractivity contribution in [2.75, 3.05) is 0 Å². The molecule has 0 N–H and O–H groups in total. The zero-order valence-electron chi connectivity index (χ0n) is 14.7. The average Bonchev–Trinajstić information content (AvgIpc) is 3.01. The zero-order valence-corrected chi connectivity index (χ0v) is 15.5. The van der Waals surface area contributed by atoms with Crippen LogP contribution in [-0.2, 0) is 13.0 Å². The Morgan fingerprint density at radius 3 is 2.46 bits per heavy atom. The predicted octanol–water partition coefficient (Wildman–Crippen LogP) is 6.14. The van der Waals surface area contributed by atoms with Gasteiger partial charge in [-0.15, -0.1) is 0 Å². The topological polar surface area (TPSA) is 3.88 Å². The lowest BCUT2D eigenvalue weighted by molar-refractivity contribution is -0.658. The second-order valence-electron chi connectivity index (χ2n) is 6.66. The number of rotatable bonds is 9. The first-order chi connectivity index (χ1) is 11.9. The first-order valence-corrected chi connectivity index (χ1v) is 10.2. The van der Waals surface area contributed by atoms with Gasteiger partial charge in [-0.3, -0.25) is 0 Å². The van der Waals surface area contributed by atoms with Crippen molar-refractivity contribution in [1.82, 2.24) is 0 Å². The second kappa shape index (κ2) is 8.98. The molecule has 126 valence electrons. The van der Waals surface area contributed by atoms with E-state index in [0.717, 1.165) is 6.54 Å². The molecule has 0 unspecified atom stereocenters. The molecule has 0 fully saturated rings. The number of benzene rings is 2. The van der Waals surface area contributed by atoms with E-state index in [-0.39, 0.29) is 0 Å². The minimum atomic E-state index is 0.960. The van der Waals surface area contributed by atoms with E-state index < -0.39 is 0 Å². The number of fused-ring (bicyclic) bond motifs is 1. The van der Waals surface area contributed by atoms with E-state index in [2.05, 4.69) is 65.5 Å². The molecular formula is C22H28NS+. The Kier molecular flexibility index (Phi) is 6.42. The zero-order chi connectivity index (χ0) is 16.6. The van der Waals surface area contributed by atoms with Crippen molar-refractivity contribution in [3.05, 3.63) is 65.2 Å². The van der Waals surface area contributed by atoms with Gasteiger partial charge in [0.15, 0.2) is 6.54 Å². The summed E-state index contributed by atoms with van der Waals surface area (Å²) in [5.74, 6) is 0. The largest absolute Gasteiger partial charge is 0.226 e. The highest BCUT2D eigenvalue weighted by Gasteiger charge is 2.13. The summed E-state index contributed by atoms with van der Waals surface area (Å²) in [6.45, 7) is 3.24. The van der Waals surface area contributed by atoms with E-state index in [9.17, 15) is 0 Å². The Morgan fingerprint density at radius 1 is 0.833 bits per heavy atom. The number of unbranched alkanes of at least 4 members (excludes halogenated alkanes) is 5. The monoisotopic (exact) mass is 338 g/mol. The van der Waals surface area contributed by atoms with Crippen LogP contribution in [0.15, 0.2) is 54.0 Å². The van der Waals surface area contributed by atoms with Gasteiger partial charge < -0.3 is 0 Å². The summed E-state index contributed by atoms with van der Waals surface area (Å²) < 4.78 is 3.78. The minimum Gasteiger partial charge on any atom is -0.184 e. The Labute approximate surface area is 150 Å². The highest BCUT2D eigenvalue weighted by molar-refractivity contribution is 7.16. The summed E-state index contributed by atoms with van der Waals surface area (Å²) >= 11 is 1.84. The molecule has 1 heterocycles. The summed E-state index contributed by atoms with van der Waals surface area (Å²) in [5.41, 5.74) is 6.49. The van der Waals surface area contributed by atoms with Crippen molar-refractivity contribution in [3.63, 3.8) is 0 Å². The number of hydrogen-bond donors (Lipinski definition) is 0. The van der Waals surface area contributed by atoms with Crippen molar-refractivity contribution in [2.45, 2.75) is 58.4 Å². The fourth-order valence-electron chi connectivity index (χ4n) is 3.23. The number of aromatic nitrogens is 1. The summed E-state index contributed by atoms with van der Waals surface area (Å²) in [4.78, 5) is 0. The lowest BCUT2D eigenvalue weighted by Gasteiger charge is -2.02. The van der Waals surface area contributed by atoms with Gasteiger partial charge in [0, 0.05) is 11.6 Å². The molecule has 0 bridgehead atoms. The lowest BCUT2D eigenvalue weighted by atomic mass is 10.0. The Morgan fingerprint density at radius 2 is 1.62 bits per heavy atom. The predicted molar refractivity (Wildman–Crippen MR) is 105 cm³/mol. The molecule has 0 radical (unpaired) electrons. The smallest absolute Gasteiger partial charge is 0.184 e. The normalized spacial score (nSPS) is 11.2. The van der Waals surface area contributed by atoms with Gasteiger partial charge in [0.2, 0.25) is 11.0 Å². The number of aryl methyl sites for hydroxylation is 1. The standard InChI is InChI=1S/C22H28NS/c1-2-3-4-5-6-8-11-19-14-15-22-21(16-19)23(18-24-22)17-20-12-9-7-10-13-20/h7,9-10,12-16,18H,2-6,8,11,17H2,1H3/q+1. The lowest BCUT2D eigenvalue weighted by Crippen LogP contribution is -2.32. The molecular weight excluding hydrogens is 310 g/mol. The number of nitrogens with zero attached hydrogens (tertiary/aromatic N) is 1.